The van der Waals surface area contributed by atoms with Crippen LogP contribution in [0.2, 0.25) is 0 Å². The van der Waals surface area contributed by atoms with Gasteiger partial charge in [0.25, 0.3) is 5.91 Å². The highest BCUT2D eigenvalue weighted by Gasteiger charge is 2.29. The van der Waals surface area contributed by atoms with Crippen LogP contribution in [-0.2, 0) is 14.8 Å². The Balaban J connectivity index is 1.71. The highest BCUT2D eigenvalue weighted by atomic mass is 32.2. The Hall–Kier alpha value is -1.78. The Kier molecular flexibility index (Phi) is 6.78. The van der Waals surface area contributed by atoms with Gasteiger partial charge in [-0.05, 0) is 54.2 Å². The molecule has 2 aliphatic heterocycles. The topological polar surface area (TPSA) is 70.2 Å². The number of carbonyl (C=O) groups is 1. The summed E-state index contributed by atoms with van der Waals surface area (Å²) >= 11 is 1.56. The van der Waals surface area contributed by atoms with E-state index in [0.717, 1.165) is 35.6 Å². The first-order valence-corrected chi connectivity index (χ1v) is 13.0. The molecular weight excluding hydrogens is 434 g/mol. The van der Waals surface area contributed by atoms with Crippen LogP contribution in [-0.4, -0.2) is 87.5 Å². The molecule has 9 heteroatoms. The molecule has 0 N–H and O–H groups in total. The lowest BCUT2D eigenvalue weighted by Crippen LogP contribution is -2.48. The lowest BCUT2D eigenvalue weighted by atomic mass is 10.1. The fourth-order valence-electron chi connectivity index (χ4n) is 3.98. The zero-order valence-corrected chi connectivity index (χ0v) is 19.7. The van der Waals surface area contributed by atoms with Crippen LogP contribution in [0.5, 0.6) is 0 Å². The maximum absolute atomic E-state index is 13.4. The van der Waals surface area contributed by atoms with Gasteiger partial charge in [0, 0.05) is 49.7 Å². The number of aryl methyl sites for hydroxylation is 1. The number of likely N-dealkylation sites (N-methyl/N-ethyl adjacent to an activating group) is 1. The summed E-state index contributed by atoms with van der Waals surface area (Å²) in [5, 5.41) is 2.03. The third kappa shape index (κ3) is 4.85. The van der Waals surface area contributed by atoms with E-state index in [0.29, 0.717) is 45.0 Å². The third-order valence-electron chi connectivity index (χ3n) is 5.88. The predicted molar refractivity (Wildman–Crippen MR) is 122 cm³/mol. The second-order valence-electron chi connectivity index (χ2n) is 7.98. The number of carbonyl (C=O) groups excluding carboxylic acids is 1. The van der Waals surface area contributed by atoms with Crippen LogP contribution in [0.3, 0.4) is 0 Å². The summed E-state index contributed by atoms with van der Waals surface area (Å²) in [6.07, 6.45) is 0. The summed E-state index contributed by atoms with van der Waals surface area (Å²) in [5.41, 5.74) is 2.31. The van der Waals surface area contributed by atoms with Gasteiger partial charge in [0.1, 0.15) is 0 Å². The number of amides is 1. The SMILES string of the molecule is CCN1CCN(C(=O)c2cc(-c3cc(C)cs3)cc(S(=O)(=O)N3CCOCC3)c2)CC1. The molecule has 7 nitrogen and oxygen atoms in total. The fourth-order valence-corrected chi connectivity index (χ4v) is 6.35. The molecule has 1 aromatic carbocycles. The number of benzene rings is 1. The minimum absolute atomic E-state index is 0.107. The summed E-state index contributed by atoms with van der Waals surface area (Å²) in [4.78, 5) is 18.6. The molecule has 168 valence electrons. The van der Waals surface area contributed by atoms with Crippen molar-refractivity contribution >= 4 is 27.3 Å². The van der Waals surface area contributed by atoms with Crippen molar-refractivity contribution in [1.82, 2.24) is 14.1 Å². The minimum Gasteiger partial charge on any atom is -0.379 e. The first-order valence-electron chi connectivity index (χ1n) is 10.7. The Morgan fingerprint density at radius 1 is 1.03 bits per heavy atom. The zero-order valence-electron chi connectivity index (χ0n) is 18.0. The van der Waals surface area contributed by atoms with Crippen LogP contribution in [0.25, 0.3) is 10.4 Å². The quantitative estimate of drug-likeness (QED) is 0.682. The van der Waals surface area contributed by atoms with Gasteiger partial charge >= 0.3 is 0 Å². The smallest absolute Gasteiger partial charge is 0.254 e. The van der Waals surface area contributed by atoms with E-state index in [2.05, 4.69) is 11.8 Å². The Labute approximate surface area is 188 Å². The fraction of sp³-hybridized carbons (Fsp3) is 0.500. The van der Waals surface area contributed by atoms with Crippen molar-refractivity contribution in [2.75, 3.05) is 59.0 Å². The molecule has 0 spiro atoms. The van der Waals surface area contributed by atoms with E-state index in [1.807, 2.05) is 29.3 Å². The van der Waals surface area contributed by atoms with Gasteiger partial charge in [0.2, 0.25) is 10.0 Å². The Morgan fingerprint density at radius 2 is 1.74 bits per heavy atom. The maximum Gasteiger partial charge on any atom is 0.254 e. The van der Waals surface area contributed by atoms with E-state index in [4.69, 9.17) is 4.74 Å². The standard InChI is InChI=1S/C22H29N3O4S2/c1-3-23-4-6-24(7-5-23)22(26)19-13-18(21-12-17(2)16-30-21)14-20(15-19)31(27,28)25-8-10-29-11-9-25/h12-16H,3-11H2,1-2H3. The highest BCUT2D eigenvalue weighted by molar-refractivity contribution is 7.89. The van der Waals surface area contributed by atoms with Gasteiger partial charge in [-0.25, -0.2) is 8.42 Å². The minimum atomic E-state index is -3.71. The van der Waals surface area contributed by atoms with Crippen LogP contribution < -0.4 is 0 Å². The number of thiophene rings is 1. The van der Waals surface area contributed by atoms with E-state index in [1.165, 1.54) is 4.31 Å². The molecule has 4 rings (SSSR count). The zero-order chi connectivity index (χ0) is 22.0. The van der Waals surface area contributed by atoms with Crippen molar-refractivity contribution in [1.29, 1.82) is 0 Å². The molecule has 0 bridgehead atoms. The Bertz CT molecular complexity index is 1040. The van der Waals surface area contributed by atoms with Crippen molar-refractivity contribution in [3.63, 3.8) is 0 Å². The summed E-state index contributed by atoms with van der Waals surface area (Å²) in [6, 6.07) is 7.10. The molecule has 2 aromatic rings. The molecule has 31 heavy (non-hydrogen) atoms. The summed E-state index contributed by atoms with van der Waals surface area (Å²) in [7, 11) is -3.71. The maximum atomic E-state index is 13.4. The molecule has 0 aliphatic carbocycles. The number of morpholine rings is 1. The first kappa shape index (κ1) is 22.4. The first-order chi connectivity index (χ1) is 14.9. The molecule has 0 atom stereocenters. The van der Waals surface area contributed by atoms with Crippen molar-refractivity contribution < 1.29 is 17.9 Å². The van der Waals surface area contributed by atoms with Crippen LogP contribution in [0.1, 0.15) is 22.8 Å². The molecule has 1 aromatic heterocycles. The molecule has 2 fully saturated rings. The van der Waals surface area contributed by atoms with Gasteiger partial charge in [-0.2, -0.15) is 4.31 Å². The van der Waals surface area contributed by atoms with Gasteiger partial charge in [-0.1, -0.05) is 6.92 Å². The number of ether oxygens (including phenoxy) is 1. The summed E-state index contributed by atoms with van der Waals surface area (Å²) in [6.45, 7) is 9.50. The normalized spacial score (nSPS) is 19.0. The number of hydrogen-bond acceptors (Lipinski definition) is 6. The molecule has 0 unspecified atom stereocenters. The number of hydrogen-bond donors (Lipinski definition) is 0. The lowest BCUT2D eigenvalue weighted by Gasteiger charge is -2.34. The van der Waals surface area contributed by atoms with Crippen LogP contribution in [0.15, 0.2) is 34.5 Å². The van der Waals surface area contributed by atoms with E-state index in [9.17, 15) is 13.2 Å². The van der Waals surface area contributed by atoms with Gasteiger partial charge < -0.3 is 14.5 Å². The van der Waals surface area contributed by atoms with E-state index >= 15 is 0 Å². The molecule has 3 heterocycles. The van der Waals surface area contributed by atoms with Crippen molar-refractivity contribution in [2.24, 2.45) is 0 Å². The second kappa shape index (κ2) is 9.38. The highest BCUT2D eigenvalue weighted by Crippen LogP contribution is 2.31. The van der Waals surface area contributed by atoms with Gasteiger partial charge in [0.15, 0.2) is 0 Å². The van der Waals surface area contributed by atoms with Crippen molar-refractivity contribution in [2.45, 2.75) is 18.7 Å². The molecule has 0 saturated carbocycles. The molecule has 1 amide bonds. The largest absolute Gasteiger partial charge is 0.379 e. The van der Waals surface area contributed by atoms with E-state index in [-0.39, 0.29) is 10.8 Å². The molecule has 0 radical (unpaired) electrons. The van der Waals surface area contributed by atoms with Crippen LogP contribution in [0, 0.1) is 6.92 Å². The van der Waals surface area contributed by atoms with Gasteiger partial charge in [-0.3, -0.25) is 4.79 Å². The predicted octanol–water partition coefficient (Wildman–Crippen LogP) is 2.52. The van der Waals surface area contributed by atoms with Crippen molar-refractivity contribution in [3.05, 3.63) is 40.8 Å². The van der Waals surface area contributed by atoms with E-state index < -0.39 is 10.0 Å². The number of rotatable bonds is 5. The van der Waals surface area contributed by atoms with E-state index in [1.54, 1.807) is 23.5 Å². The lowest BCUT2D eigenvalue weighted by molar-refractivity contribution is 0.0643. The molecule has 2 aliphatic rings. The monoisotopic (exact) mass is 463 g/mol. The van der Waals surface area contributed by atoms with Crippen molar-refractivity contribution in [3.8, 4) is 10.4 Å². The average Bonchev–Trinajstić information content (AvgIpc) is 3.25. The average molecular weight is 464 g/mol. The molecular formula is C22H29N3O4S2. The van der Waals surface area contributed by atoms with Crippen LogP contribution >= 0.6 is 11.3 Å². The number of sulfonamides is 1. The van der Waals surface area contributed by atoms with Gasteiger partial charge in [-0.15, -0.1) is 11.3 Å². The van der Waals surface area contributed by atoms with Gasteiger partial charge in [0.05, 0.1) is 18.1 Å². The summed E-state index contributed by atoms with van der Waals surface area (Å²) < 4.78 is 33.5. The van der Waals surface area contributed by atoms with Crippen LogP contribution in [0.4, 0.5) is 0 Å². The second-order valence-corrected chi connectivity index (χ2v) is 10.8. The number of piperazine rings is 1. The summed E-state index contributed by atoms with van der Waals surface area (Å²) in [5.74, 6) is -0.107. The Morgan fingerprint density at radius 3 is 2.35 bits per heavy atom. The molecule has 2 saturated heterocycles. The number of nitrogens with zero attached hydrogens (tertiary/aromatic N) is 3. The third-order valence-corrected chi connectivity index (χ3v) is 8.86.